The molecule has 18 heavy (non-hydrogen) atoms. The number of rotatable bonds is 4. The summed E-state index contributed by atoms with van der Waals surface area (Å²) in [5.41, 5.74) is 1.12. The first-order chi connectivity index (χ1) is 8.42. The van der Waals surface area contributed by atoms with E-state index in [-0.39, 0.29) is 5.97 Å². The molecule has 98 valence electrons. The minimum absolute atomic E-state index is 0.285. The highest BCUT2D eigenvalue weighted by molar-refractivity contribution is 7.80. The van der Waals surface area contributed by atoms with Crippen LogP contribution in [0.1, 0.15) is 43.1 Å². The van der Waals surface area contributed by atoms with E-state index >= 15 is 0 Å². The molecule has 0 aliphatic rings. The number of ether oxygens (including phenoxy) is 1. The van der Waals surface area contributed by atoms with Crippen molar-refractivity contribution >= 4 is 24.7 Å². The minimum atomic E-state index is -0.463. The molecule has 0 atom stereocenters. The number of hydrogen-bond donors (Lipinski definition) is 1. The quantitative estimate of drug-likeness (QED) is 0.657. The summed E-state index contributed by atoms with van der Waals surface area (Å²) < 4.78 is 5.33. The van der Waals surface area contributed by atoms with Gasteiger partial charge >= 0.3 is 5.97 Å². The number of allylic oxidation sites excluding steroid dienone is 1. The smallest absolute Gasteiger partial charge is 0.338 e. The third-order valence-corrected chi connectivity index (χ3v) is 2.39. The van der Waals surface area contributed by atoms with Crippen LogP contribution >= 0.6 is 12.6 Å². The molecule has 0 spiro atoms. The minimum Gasteiger partial charge on any atom is -0.456 e. The second kappa shape index (κ2) is 6.64. The SMILES string of the molecule is CC(C)(C)OC(=O)c1cccc(C=CCCS)c1. The highest BCUT2D eigenvalue weighted by atomic mass is 32.1. The zero-order valence-electron chi connectivity index (χ0n) is 11.1. The molecule has 0 aliphatic carbocycles. The maximum absolute atomic E-state index is 11.9. The zero-order valence-corrected chi connectivity index (χ0v) is 12.0. The van der Waals surface area contributed by atoms with Crippen LogP contribution in [0.4, 0.5) is 0 Å². The Hall–Kier alpha value is -1.22. The number of carbonyl (C=O) groups is 1. The van der Waals surface area contributed by atoms with Gasteiger partial charge in [-0.2, -0.15) is 12.6 Å². The first-order valence-electron chi connectivity index (χ1n) is 6.03. The lowest BCUT2D eigenvalue weighted by Crippen LogP contribution is -2.23. The number of hydrogen-bond acceptors (Lipinski definition) is 3. The van der Waals surface area contributed by atoms with E-state index in [0.29, 0.717) is 5.56 Å². The molecule has 0 aromatic heterocycles. The summed E-state index contributed by atoms with van der Waals surface area (Å²) in [6, 6.07) is 7.43. The summed E-state index contributed by atoms with van der Waals surface area (Å²) in [6.45, 7) is 5.59. The Kier molecular flexibility index (Phi) is 5.48. The van der Waals surface area contributed by atoms with E-state index < -0.39 is 5.60 Å². The van der Waals surface area contributed by atoms with Gasteiger partial charge in [-0.05, 0) is 50.6 Å². The van der Waals surface area contributed by atoms with Crippen LogP contribution in [0.15, 0.2) is 30.3 Å². The van der Waals surface area contributed by atoms with Crippen LogP contribution < -0.4 is 0 Å². The maximum Gasteiger partial charge on any atom is 0.338 e. The highest BCUT2D eigenvalue weighted by Gasteiger charge is 2.17. The summed E-state index contributed by atoms with van der Waals surface area (Å²) in [7, 11) is 0. The first-order valence-corrected chi connectivity index (χ1v) is 6.66. The van der Waals surface area contributed by atoms with Gasteiger partial charge in [-0.25, -0.2) is 4.79 Å². The van der Waals surface area contributed by atoms with Crippen molar-refractivity contribution in [2.24, 2.45) is 0 Å². The standard InChI is InChI=1S/C15H20O2S/c1-15(2,3)17-14(16)13-9-6-8-12(11-13)7-4-5-10-18/h4,6-9,11,18H,5,10H2,1-3H3. The second-order valence-electron chi connectivity index (χ2n) is 5.04. The van der Waals surface area contributed by atoms with E-state index in [1.807, 2.05) is 51.1 Å². The molecule has 0 saturated carbocycles. The molecular weight excluding hydrogens is 244 g/mol. The Balaban J connectivity index is 2.78. The molecule has 0 saturated heterocycles. The first kappa shape index (κ1) is 14.8. The Morgan fingerprint density at radius 2 is 2.11 bits per heavy atom. The fourth-order valence-electron chi connectivity index (χ4n) is 1.40. The predicted octanol–water partition coefficient (Wildman–Crippen LogP) is 3.98. The topological polar surface area (TPSA) is 26.3 Å². The number of carbonyl (C=O) groups excluding carboxylic acids is 1. The van der Waals surface area contributed by atoms with Crippen molar-refractivity contribution in [3.05, 3.63) is 41.5 Å². The van der Waals surface area contributed by atoms with Crippen molar-refractivity contribution in [3.8, 4) is 0 Å². The molecule has 1 aromatic rings. The fraction of sp³-hybridized carbons (Fsp3) is 0.400. The van der Waals surface area contributed by atoms with Crippen LogP contribution in [0.25, 0.3) is 6.08 Å². The molecule has 1 aromatic carbocycles. The van der Waals surface area contributed by atoms with Crippen LogP contribution in [0, 0.1) is 0 Å². The molecule has 2 nitrogen and oxygen atoms in total. The van der Waals surface area contributed by atoms with Gasteiger partial charge in [0.2, 0.25) is 0 Å². The van der Waals surface area contributed by atoms with Crippen molar-refractivity contribution in [2.45, 2.75) is 32.8 Å². The van der Waals surface area contributed by atoms with E-state index in [1.54, 1.807) is 6.07 Å². The van der Waals surface area contributed by atoms with Gasteiger partial charge in [0, 0.05) is 0 Å². The average Bonchev–Trinajstić information content (AvgIpc) is 2.27. The molecule has 0 fully saturated rings. The molecule has 0 radical (unpaired) electrons. The largest absolute Gasteiger partial charge is 0.456 e. The molecule has 3 heteroatoms. The van der Waals surface area contributed by atoms with Gasteiger partial charge in [-0.1, -0.05) is 24.3 Å². The lowest BCUT2D eigenvalue weighted by molar-refractivity contribution is 0.00695. The van der Waals surface area contributed by atoms with Gasteiger partial charge in [-0.15, -0.1) is 0 Å². The maximum atomic E-state index is 11.9. The normalized spacial score (nSPS) is 11.8. The van der Waals surface area contributed by atoms with Gasteiger partial charge in [0.15, 0.2) is 0 Å². The van der Waals surface area contributed by atoms with Gasteiger partial charge in [-0.3, -0.25) is 0 Å². The van der Waals surface area contributed by atoms with Gasteiger partial charge in [0.1, 0.15) is 5.60 Å². The molecule has 0 aliphatic heterocycles. The van der Waals surface area contributed by atoms with E-state index in [0.717, 1.165) is 17.7 Å². The van der Waals surface area contributed by atoms with Crippen molar-refractivity contribution in [1.29, 1.82) is 0 Å². The van der Waals surface area contributed by atoms with Crippen molar-refractivity contribution in [1.82, 2.24) is 0 Å². The van der Waals surface area contributed by atoms with Crippen LogP contribution in [-0.4, -0.2) is 17.3 Å². The molecule has 0 N–H and O–H groups in total. The molecule has 0 bridgehead atoms. The molecule has 1 rings (SSSR count). The molecular formula is C15H20O2S. The average molecular weight is 264 g/mol. The number of esters is 1. The van der Waals surface area contributed by atoms with Crippen LogP contribution in [0.5, 0.6) is 0 Å². The zero-order chi connectivity index (χ0) is 13.6. The van der Waals surface area contributed by atoms with Crippen molar-refractivity contribution in [3.63, 3.8) is 0 Å². The van der Waals surface area contributed by atoms with Crippen LogP contribution in [0.3, 0.4) is 0 Å². The molecule has 0 heterocycles. The number of benzene rings is 1. The molecule has 0 unspecified atom stereocenters. The van der Waals surface area contributed by atoms with E-state index in [1.165, 1.54) is 0 Å². The Labute approximate surface area is 114 Å². The van der Waals surface area contributed by atoms with Crippen LogP contribution in [0.2, 0.25) is 0 Å². The van der Waals surface area contributed by atoms with Gasteiger partial charge in [0.25, 0.3) is 0 Å². The fourth-order valence-corrected chi connectivity index (χ4v) is 1.55. The Bertz CT molecular complexity index is 430. The summed E-state index contributed by atoms with van der Waals surface area (Å²) in [5.74, 6) is 0.536. The van der Waals surface area contributed by atoms with Crippen molar-refractivity contribution < 1.29 is 9.53 Å². The summed E-state index contributed by atoms with van der Waals surface area (Å²) in [4.78, 5) is 11.9. The van der Waals surface area contributed by atoms with E-state index in [9.17, 15) is 4.79 Å². The lowest BCUT2D eigenvalue weighted by Gasteiger charge is -2.19. The van der Waals surface area contributed by atoms with Gasteiger partial charge < -0.3 is 4.74 Å². The summed E-state index contributed by atoms with van der Waals surface area (Å²) >= 11 is 4.14. The third kappa shape index (κ3) is 5.41. The third-order valence-electron chi connectivity index (χ3n) is 2.13. The van der Waals surface area contributed by atoms with E-state index in [2.05, 4.69) is 12.6 Å². The van der Waals surface area contributed by atoms with Crippen molar-refractivity contribution in [2.75, 3.05) is 5.75 Å². The summed E-state index contributed by atoms with van der Waals surface area (Å²) in [5, 5.41) is 0. The Morgan fingerprint density at radius 1 is 1.39 bits per heavy atom. The second-order valence-corrected chi connectivity index (χ2v) is 5.49. The van der Waals surface area contributed by atoms with E-state index in [4.69, 9.17) is 4.74 Å². The monoisotopic (exact) mass is 264 g/mol. The lowest BCUT2D eigenvalue weighted by atomic mass is 10.1. The Morgan fingerprint density at radius 3 is 2.72 bits per heavy atom. The summed E-state index contributed by atoms with van der Waals surface area (Å²) in [6.07, 6.45) is 4.95. The predicted molar refractivity (Wildman–Crippen MR) is 79.1 cm³/mol. The highest BCUT2D eigenvalue weighted by Crippen LogP contribution is 2.14. The van der Waals surface area contributed by atoms with Crippen LogP contribution in [-0.2, 0) is 4.74 Å². The van der Waals surface area contributed by atoms with Gasteiger partial charge in [0.05, 0.1) is 5.56 Å². The number of thiol groups is 1. The molecule has 0 amide bonds.